The highest BCUT2D eigenvalue weighted by Gasteiger charge is 2.25. The zero-order valence-electron chi connectivity index (χ0n) is 13.2. The molecule has 7 heteroatoms. The van der Waals surface area contributed by atoms with Gasteiger partial charge in [-0.05, 0) is 37.1 Å². The van der Waals surface area contributed by atoms with Crippen molar-refractivity contribution in [2.24, 2.45) is 0 Å². The summed E-state index contributed by atoms with van der Waals surface area (Å²) in [5.41, 5.74) is 1.64. The van der Waals surface area contributed by atoms with Gasteiger partial charge in [0.15, 0.2) is 0 Å². The largest absolute Gasteiger partial charge is 0.337 e. The zero-order valence-corrected chi connectivity index (χ0v) is 13.2. The predicted octanol–water partition coefficient (Wildman–Crippen LogP) is 1.94. The first-order chi connectivity index (χ1) is 11.8. The van der Waals surface area contributed by atoms with Crippen molar-refractivity contribution in [3.63, 3.8) is 0 Å². The van der Waals surface area contributed by atoms with E-state index < -0.39 is 0 Å². The Balaban J connectivity index is 1.49. The number of nitrogens with zero attached hydrogens (tertiary/aromatic N) is 6. The lowest BCUT2D eigenvalue weighted by molar-refractivity contribution is 0.0679. The van der Waals surface area contributed by atoms with Crippen LogP contribution >= 0.6 is 0 Å². The van der Waals surface area contributed by atoms with E-state index in [2.05, 4.69) is 19.7 Å². The van der Waals surface area contributed by atoms with E-state index in [4.69, 9.17) is 0 Å². The van der Waals surface area contributed by atoms with Gasteiger partial charge in [-0.25, -0.2) is 4.98 Å². The summed E-state index contributed by atoms with van der Waals surface area (Å²) in [5.74, 6) is 0.0788. The Morgan fingerprint density at radius 2 is 1.88 bits per heavy atom. The summed E-state index contributed by atoms with van der Waals surface area (Å²) in [6.07, 6.45) is 10.9. The van der Waals surface area contributed by atoms with Gasteiger partial charge in [0.05, 0.1) is 12.4 Å². The van der Waals surface area contributed by atoms with Crippen molar-refractivity contribution in [1.82, 2.24) is 29.2 Å². The van der Waals surface area contributed by atoms with Crippen molar-refractivity contribution in [3.05, 3.63) is 61.2 Å². The molecule has 0 bridgehead atoms. The molecule has 7 nitrogen and oxygen atoms in total. The maximum absolute atomic E-state index is 12.8. The van der Waals surface area contributed by atoms with Crippen LogP contribution in [0.4, 0.5) is 0 Å². The van der Waals surface area contributed by atoms with Crippen LogP contribution in [0.3, 0.4) is 0 Å². The second-order valence-electron chi connectivity index (χ2n) is 5.97. The molecule has 1 aliphatic rings. The van der Waals surface area contributed by atoms with E-state index in [9.17, 15) is 4.79 Å². The minimum absolute atomic E-state index is 0.0788. The van der Waals surface area contributed by atoms with E-state index in [1.807, 2.05) is 46.3 Å². The lowest BCUT2D eigenvalue weighted by atomic mass is 10.0. The van der Waals surface area contributed by atoms with Crippen LogP contribution in [0, 0.1) is 0 Å². The molecular formula is C17H18N6O. The summed E-state index contributed by atoms with van der Waals surface area (Å²) in [5, 5.41) is 7.59. The molecule has 4 rings (SSSR count). The molecule has 1 amide bonds. The fourth-order valence-corrected chi connectivity index (χ4v) is 3.16. The van der Waals surface area contributed by atoms with Gasteiger partial charge in [-0.2, -0.15) is 0 Å². The van der Waals surface area contributed by atoms with Crippen molar-refractivity contribution < 1.29 is 4.79 Å². The van der Waals surface area contributed by atoms with Crippen molar-refractivity contribution in [1.29, 1.82) is 0 Å². The van der Waals surface area contributed by atoms with Gasteiger partial charge in [-0.1, -0.05) is 0 Å². The maximum Gasteiger partial charge on any atom is 0.253 e. The lowest BCUT2D eigenvalue weighted by Crippen LogP contribution is -2.40. The number of amides is 1. The van der Waals surface area contributed by atoms with Crippen LogP contribution in [0.1, 0.15) is 29.2 Å². The molecule has 3 aromatic rings. The fourth-order valence-electron chi connectivity index (χ4n) is 3.16. The molecule has 0 aliphatic carbocycles. The van der Waals surface area contributed by atoms with Crippen LogP contribution in [-0.2, 0) is 0 Å². The number of benzene rings is 1. The normalized spacial score (nSPS) is 17.8. The van der Waals surface area contributed by atoms with Gasteiger partial charge in [-0.3, -0.25) is 9.36 Å². The number of imidazole rings is 1. The summed E-state index contributed by atoms with van der Waals surface area (Å²) < 4.78 is 3.90. The number of likely N-dealkylation sites (tertiary alicyclic amines) is 1. The standard InChI is InChI=1S/C17H18N6O/c24-17(14-3-5-15(6-4-14)23-12-19-20-13-23)21-8-1-2-16(10-21)22-9-7-18-11-22/h3-7,9,11-13,16H,1-2,8,10H2/t16-/m1/s1. The highest BCUT2D eigenvalue weighted by Crippen LogP contribution is 2.23. The number of hydrogen-bond acceptors (Lipinski definition) is 4. The third-order valence-corrected chi connectivity index (χ3v) is 4.46. The van der Waals surface area contributed by atoms with Crippen LogP contribution < -0.4 is 0 Å². The molecule has 24 heavy (non-hydrogen) atoms. The highest BCUT2D eigenvalue weighted by molar-refractivity contribution is 5.94. The Labute approximate surface area is 139 Å². The quantitative estimate of drug-likeness (QED) is 0.739. The molecule has 1 fully saturated rings. The molecule has 2 aromatic heterocycles. The molecule has 3 heterocycles. The molecule has 0 N–H and O–H groups in total. The topological polar surface area (TPSA) is 68.8 Å². The van der Waals surface area contributed by atoms with Crippen LogP contribution in [0.15, 0.2) is 55.6 Å². The summed E-state index contributed by atoms with van der Waals surface area (Å²) in [7, 11) is 0. The molecule has 122 valence electrons. The van der Waals surface area contributed by atoms with E-state index in [-0.39, 0.29) is 5.91 Å². The Kier molecular flexibility index (Phi) is 3.82. The van der Waals surface area contributed by atoms with Gasteiger partial charge < -0.3 is 9.47 Å². The molecule has 0 spiro atoms. The summed E-state index contributed by atoms with van der Waals surface area (Å²) in [4.78, 5) is 18.8. The molecule has 0 radical (unpaired) electrons. The minimum Gasteiger partial charge on any atom is -0.337 e. The van der Waals surface area contributed by atoms with E-state index in [0.29, 0.717) is 11.6 Å². The molecular weight excluding hydrogens is 304 g/mol. The number of aromatic nitrogens is 5. The summed E-state index contributed by atoms with van der Waals surface area (Å²) in [6.45, 7) is 1.53. The number of carbonyl (C=O) groups is 1. The van der Waals surface area contributed by atoms with Crippen molar-refractivity contribution in [2.45, 2.75) is 18.9 Å². The average Bonchev–Trinajstić information content (AvgIpc) is 3.35. The van der Waals surface area contributed by atoms with Crippen molar-refractivity contribution in [2.75, 3.05) is 13.1 Å². The molecule has 1 aromatic carbocycles. The molecule has 1 saturated heterocycles. The number of hydrogen-bond donors (Lipinski definition) is 0. The SMILES string of the molecule is O=C(c1ccc(-n2cnnc2)cc1)N1CCC[C@@H](n2ccnc2)C1. The van der Waals surface area contributed by atoms with Crippen LogP contribution in [-0.4, -0.2) is 48.2 Å². The van der Waals surface area contributed by atoms with Gasteiger partial charge in [0.25, 0.3) is 5.91 Å². The average molecular weight is 322 g/mol. The van der Waals surface area contributed by atoms with Crippen LogP contribution in [0.25, 0.3) is 5.69 Å². The number of rotatable bonds is 3. The second kappa shape index (κ2) is 6.27. The van der Waals surface area contributed by atoms with E-state index in [1.54, 1.807) is 18.9 Å². The second-order valence-corrected chi connectivity index (χ2v) is 5.97. The first-order valence-corrected chi connectivity index (χ1v) is 8.03. The summed E-state index contributed by atoms with van der Waals surface area (Å²) in [6, 6.07) is 7.85. The molecule has 0 unspecified atom stereocenters. The third kappa shape index (κ3) is 2.80. The zero-order chi connectivity index (χ0) is 16.4. The molecule has 1 aliphatic heterocycles. The van der Waals surface area contributed by atoms with Gasteiger partial charge in [-0.15, -0.1) is 10.2 Å². The Bertz CT molecular complexity index is 794. The minimum atomic E-state index is 0.0788. The van der Waals surface area contributed by atoms with Gasteiger partial charge in [0.1, 0.15) is 12.7 Å². The van der Waals surface area contributed by atoms with E-state index in [0.717, 1.165) is 31.6 Å². The first kappa shape index (κ1) is 14.6. The highest BCUT2D eigenvalue weighted by atomic mass is 16.2. The smallest absolute Gasteiger partial charge is 0.253 e. The number of carbonyl (C=O) groups excluding carboxylic acids is 1. The van der Waals surface area contributed by atoms with Gasteiger partial charge >= 0.3 is 0 Å². The summed E-state index contributed by atoms with van der Waals surface area (Å²) >= 11 is 0. The Morgan fingerprint density at radius 3 is 2.58 bits per heavy atom. The van der Waals surface area contributed by atoms with Gasteiger partial charge in [0, 0.05) is 36.7 Å². The molecule has 1 atom stereocenters. The third-order valence-electron chi connectivity index (χ3n) is 4.46. The van der Waals surface area contributed by atoms with Crippen molar-refractivity contribution in [3.8, 4) is 5.69 Å². The van der Waals surface area contributed by atoms with Crippen LogP contribution in [0.2, 0.25) is 0 Å². The predicted molar refractivity (Wildman–Crippen MR) is 87.8 cm³/mol. The monoisotopic (exact) mass is 322 g/mol. The number of piperidine rings is 1. The van der Waals surface area contributed by atoms with E-state index in [1.165, 1.54) is 0 Å². The maximum atomic E-state index is 12.8. The van der Waals surface area contributed by atoms with Crippen molar-refractivity contribution >= 4 is 5.91 Å². The molecule has 0 saturated carbocycles. The first-order valence-electron chi connectivity index (χ1n) is 8.03. The Hall–Kier alpha value is -2.96. The van der Waals surface area contributed by atoms with Gasteiger partial charge in [0.2, 0.25) is 0 Å². The van der Waals surface area contributed by atoms with Crippen LogP contribution in [0.5, 0.6) is 0 Å². The van der Waals surface area contributed by atoms with E-state index >= 15 is 0 Å². The Morgan fingerprint density at radius 1 is 1.08 bits per heavy atom. The fraction of sp³-hybridized carbons (Fsp3) is 0.294. The lowest BCUT2D eigenvalue weighted by Gasteiger charge is -2.33.